The molecule has 0 bridgehead atoms. The number of aromatic hydroxyl groups is 1. The zero-order valence-electron chi connectivity index (χ0n) is 16.1. The van der Waals surface area contributed by atoms with Gasteiger partial charge in [0.2, 0.25) is 0 Å². The van der Waals surface area contributed by atoms with Gasteiger partial charge in [0.1, 0.15) is 0 Å². The highest BCUT2D eigenvalue weighted by molar-refractivity contribution is 6.16. The number of ether oxygens (including phenoxy) is 3. The third-order valence-corrected chi connectivity index (χ3v) is 4.10. The molecule has 7 heteroatoms. The zero-order valence-corrected chi connectivity index (χ0v) is 16.1. The van der Waals surface area contributed by atoms with Crippen molar-refractivity contribution in [1.82, 2.24) is 4.90 Å². The zero-order chi connectivity index (χ0) is 20.0. The molecule has 146 valence electrons. The van der Waals surface area contributed by atoms with Crippen LogP contribution in [0.1, 0.15) is 26.3 Å². The molecule has 0 spiro atoms. The van der Waals surface area contributed by atoms with Gasteiger partial charge in [0.15, 0.2) is 11.5 Å². The molecule has 0 radical (unpaired) electrons. The van der Waals surface area contributed by atoms with E-state index in [9.17, 15) is 14.7 Å². The fraction of sp³-hybridized carbons (Fsp3) is 0.400. The number of phenolic OH excluding ortho intramolecular Hbond substituents is 1. The number of methoxy groups -OCH3 is 1. The summed E-state index contributed by atoms with van der Waals surface area (Å²) in [5.41, 5.74) is 1.65. The van der Waals surface area contributed by atoms with Crippen LogP contribution in [0.4, 0.5) is 0 Å². The molecule has 0 aromatic heterocycles. The first-order valence-electron chi connectivity index (χ1n) is 8.81. The number of rotatable bonds is 8. The molecule has 0 atom stereocenters. The minimum absolute atomic E-state index is 0.0100. The molecule has 0 fully saturated rings. The molecule has 27 heavy (non-hydrogen) atoms. The van der Waals surface area contributed by atoms with E-state index in [4.69, 9.17) is 14.2 Å². The van der Waals surface area contributed by atoms with Gasteiger partial charge in [0, 0.05) is 19.4 Å². The lowest BCUT2D eigenvalue weighted by Crippen LogP contribution is -2.28. The number of benzene rings is 1. The summed E-state index contributed by atoms with van der Waals surface area (Å²) < 4.78 is 15.6. The lowest BCUT2D eigenvalue weighted by atomic mass is 10.0. The SMILES string of the molecule is CCOC(=O)C1=C(C)N(CCOC)C(=O)/C1=C/c1ccc(O)c(OCC)c1. The van der Waals surface area contributed by atoms with Gasteiger partial charge < -0.3 is 24.2 Å². The second-order valence-corrected chi connectivity index (χ2v) is 5.85. The monoisotopic (exact) mass is 375 g/mol. The molecule has 0 aliphatic carbocycles. The maximum absolute atomic E-state index is 12.9. The van der Waals surface area contributed by atoms with Crippen molar-refractivity contribution in [3.8, 4) is 11.5 Å². The maximum Gasteiger partial charge on any atom is 0.340 e. The standard InChI is InChI=1S/C20H25NO6/c1-5-26-17-12-14(7-8-16(17)22)11-15-18(20(24)27-6-2)13(3)21(19(15)23)9-10-25-4/h7-8,11-12,22H,5-6,9-10H2,1-4H3/b15-11+. The Morgan fingerprint density at radius 1 is 1.26 bits per heavy atom. The van der Waals surface area contributed by atoms with Crippen LogP contribution in [-0.2, 0) is 19.1 Å². The molecule has 1 amide bonds. The Bertz CT molecular complexity index is 781. The first-order chi connectivity index (χ1) is 12.9. The number of nitrogens with zero attached hydrogens (tertiary/aromatic N) is 1. The molecular weight excluding hydrogens is 350 g/mol. The highest BCUT2D eigenvalue weighted by Crippen LogP contribution is 2.33. The van der Waals surface area contributed by atoms with E-state index in [2.05, 4.69) is 0 Å². The van der Waals surface area contributed by atoms with Crippen molar-refractivity contribution >= 4 is 18.0 Å². The van der Waals surface area contributed by atoms with E-state index in [1.807, 2.05) is 6.92 Å². The van der Waals surface area contributed by atoms with Crippen LogP contribution in [-0.4, -0.2) is 55.4 Å². The first-order valence-corrected chi connectivity index (χ1v) is 8.81. The highest BCUT2D eigenvalue weighted by atomic mass is 16.5. The summed E-state index contributed by atoms with van der Waals surface area (Å²) >= 11 is 0. The number of hydrogen-bond acceptors (Lipinski definition) is 6. The molecule has 1 aliphatic heterocycles. The summed E-state index contributed by atoms with van der Waals surface area (Å²) in [5.74, 6) is -0.514. The van der Waals surface area contributed by atoms with E-state index in [1.54, 1.807) is 39.2 Å². The van der Waals surface area contributed by atoms with Crippen molar-refractivity contribution < 1.29 is 28.9 Å². The van der Waals surface area contributed by atoms with E-state index in [0.29, 0.717) is 36.8 Å². The van der Waals surface area contributed by atoms with Gasteiger partial charge in [0.25, 0.3) is 5.91 Å². The summed E-state index contributed by atoms with van der Waals surface area (Å²) in [7, 11) is 1.55. The summed E-state index contributed by atoms with van der Waals surface area (Å²) in [5, 5.41) is 9.85. The maximum atomic E-state index is 12.9. The normalized spacial score (nSPS) is 15.6. The number of allylic oxidation sites excluding steroid dienone is 1. The topological polar surface area (TPSA) is 85.3 Å². The highest BCUT2D eigenvalue weighted by Gasteiger charge is 2.36. The summed E-state index contributed by atoms with van der Waals surface area (Å²) in [6.45, 7) is 6.52. The van der Waals surface area contributed by atoms with Crippen LogP contribution in [0.2, 0.25) is 0 Å². The number of carbonyl (C=O) groups excluding carboxylic acids is 2. The largest absolute Gasteiger partial charge is 0.504 e. The van der Waals surface area contributed by atoms with Crippen molar-refractivity contribution in [3.63, 3.8) is 0 Å². The summed E-state index contributed by atoms with van der Waals surface area (Å²) in [6, 6.07) is 4.75. The van der Waals surface area contributed by atoms with Crippen molar-refractivity contribution in [1.29, 1.82) is 0 Å². The van der Waals surface area contributed by atoms with E-state index >= 15 is 0 Å². The number of hydrogen-bond donors (Lipinski definition) is 1. The van der Waals surface area contributed by atoms with Gasteiger partial charge in [-0.3, -0.25) is 4.79 Å². The van der Waals surface area contributed by atoms with Gasteiger partial charge in [-0.15, -0.1) is 0 Å². The Morgan fingerprint density at radius 3 is 2.63 bits per heavy atom. The Hall–Kier alpha value is -2.80. The predicted octanol–water partition coefficient (Wildman–Crippen LogP) is 2.50. The Morgan fingerprint density at radius 2 is 2.00 bits per heavy atom. The van der Waals surface area contributed by atoms with E-state index in [0.717, 1.165) is 0 Å². The Labute approximate surface area is 158 Å². The van der Waals surface area contributed by atoms with Gasteiger partial charge >= 0.3 is 5.97 Å². The van der Waals surface area contributed by atoms with Crippen LogP contribution in [0.3, 0.4) is 0 Å². The molecule has 0 unspecified atom stereocenters. The second-order valence-electron chi connectivity index (χ2n) is 5.85. The van der Waals surface area contributed by atoms with Crippen molar-refractivity contribution in [2.45, 2.75) is 20.8 Å². The van der Waals surface area contributed by atoms with E-state index in [-0.39, 0.29) is 29.4 Å². The summed E-state index contributed by atoms with van der Waals surface area (Å²) in [4.78, 5) is 26.8. The number of carbonyl (C=O) groups is 2. The fourth-order valence-electron chi connectivity index (χ4n) is 2.84. The average molecular weight is 375 g/mol. The smallest absolute Gasteiger partial charge is 0.340 e. The number of amides is 1. The molecule has 7 nitrogen and oxygen atoms in total. The molecular formula is C20H25NO6. The minimum atomic E-state index is -0.543. The van der Waals surface area contributed by atoms with Crippen LogP contribution in [0.25, 0.3) is 6.08 Å². The predicted molar refractivity (Wildman–Crippen MR) is 100 cm³/mol. The summed E-state index contributed by atoms with van der Waals surface area (Å²) in [6.07, 6.45) is 1.60. The lowest BCUT2D eigenvalue weighted by molar-refractivity contribution is -0.138. The van der Waals surface area contributed by atoms with Crippen LogP contribution < -0.4 is 4.74 Å². The van der Waals surface area contributed by atoms with E-state index < -0.39 is 5.97 Å². The molecule has 1 N–H and O–H groups in total. The quantitative estimate of drug-likeness (QED) is 0.555. The minimum Gasteiger partial charge on any atom is -0.504 e. The molecule has 0 saturated heterocycles. The molecule has 1 aromatic rings. The average Bonchev–Trinajstić information content (AvgIpc) is 2.86. The number of phenols is 1. The molecule has 1 heterocycles. The first kappa shape index (κ1) is 20.5. The van der Waals surface area contributed by atoms with Crippen LogP contribution in [0.15, 0.2) is 35.0 Å². The molecule has 0 saturated carbocycles. The van der Waals surface area contributed by atoms with Crippen molar-refractivity contribution in [3.05, 3.63) is 40.6 Å². The lowest BCUT2D eigenvalue weighted by Gasteiger charge is -2.16. The van der Waals surface area contributed by atoms with Gasteiger partial charge in [-0.2, -0.15) is 0 Å². The molecule has 1 aliphatic rings. The van der Waals surface area contributed by atoms with Crippen LogP contribution in [0.5, 0.6) is 11.5 Å². The van der Waals surface area contributed by atoms with Crippen molar-refractivity contribution in [2.24, 2.45) is 0 Å². The number of esters is 1. The van der Waals surface area contributed by atoms with Gasteiger partial charge in [-0.1, -0.05) is 6.07 Å². The van der Waals surface area contributed by atoms with Crippen molar-refractivity contribution in [2.75, 3.05) is 33.5 Å². The third kappa shape index (κ3) is 4.49. The van der Waals surface area contributed by atoms with Gasteiger partial charge in [-0.05, 0) is 44.5 Å². The third-order valence-electron chi connectivity index (χ3n) is 4.10. The van der Waals surface area contributed by atoms with Gasteiger partial charge in [-0.25, -0.2) is 4.79 Å². The second kappa shape index (κ2) is 9.23. The van der Waals surface area contributed by atoms with Gasteiger partial charge in [0.05, 0.1) is 31.0 Å². The van der Waals surface area contributed by atoms with Crippen LogP contribution >= 0.6 is 0 Å². The van der Waals surface area contributed by atoms with E-state index in [1.165, 1.54) is 11.0 Å². The Balaban J connectivity index is 2.48. The fourth-order valence-corrected chi connectivity index (χ4v) is 2.84. The molecule has 1 aromatic carbocycles. The van der Waals surface area contributed by atoms with Crippen LogP contribution in [0, 0.1) is 0 Å². The Kier molecular flexibility index (Phi) is 7.01. The molecule has 2 rings (SSSR count).